The molecule has 0 spiro atoms. The molecule has 1 N–H and O–H groups in total. The molecule has 6 heteroatoms. The topological polar surface area (TPSA) is 68.0 Å². The van der Waals surface area contributed by atoms with E-state index in [4.69, 9.17) is 16.1 Å². The molecule has 1 aliphatic carbocycles. The van der Waals surface area contributed by atoms with E-state index in [1.165, 1.54) is 0 Å². The molecule has 1 heterocycles. The Bertz CT molecular complexity index is 930. The average Bonchev–Trinajstić information content (AvgIpc) is 3.35. The van der Waals surface area contributed by atoms with E-state index < -0.39 is 0 Å². The van der Waals surface area contributed by atoms with Crippen LogP contribution in [0.15, 0.2) is 47.0 Å². The predicted molar refractivity (Wildman–Crippen MR) is 95.9 cm³/mol. The summed E-state index contributed by atoms with van der Waals surface area (Å²) in [4.78, 5) is 16.8. The number of nitrogens with zero attached hydrogens (tertiary/aromatic N) is 2. The highest BCUT2D eigenvalue weighted by molar-refractivity contribution is 6.31. The lowest BCUT2D eigenvalue weighted by Crippen LogP contribution is -2.11. The summed E-state index contributed by atoms with van der Waals surface area (Å²) in [6.45, 7) is 1.92. The van der Waals surface area contributed by atoms with Gasteiger partial charge < -0.3 is 9.84 Å². The number of rotatable bonds is 4. The highest BCUT2D eigenvalue weighted by Crippen LogP contribution is 2.39. The predicted octanol–water partition coefficient (Wildman–Crippen LogP) is 4.83. The van der Waals surface area contributed by atoms with Crippen LogP contribution in [-0.4, -0.2) is 16.0 Å². The minimum absolute atomic E-state index is 0.196. The molecule has 1 fully saturated rings. The van der Waals surface area contributed by atoms with Crippen LogP contribution in [0.2, 0.25) is 5.02 Å². The summed E-state index contributed by atoms with van der Waals surface area (Å²) < 4.78 is 5.27. The summed E-state index contributed by atoms with van der Waals surface area (Å²) in [7, 11) is 0. The van der Waals surface area contributed by atoms with Crippen molar-refractivity contribution in [1.29, 1.82) is 0 Å². The molecule has 0 bridgehead atoms. The van der Waals surface area contributed by atoms with Gasteiger partial charge in [-0.2, -0.15) is 4.98 Å². The quantitative estimate of drug-likeness (QED) is 0.729. The third kappa shape index (κ3) is 3.42. The SMILES string of the molecule is Cc1ccc(NC(=O)c2ccc(-c3noc(C4CC4)n3)cc2)cc1Cl. The number of aromatic nitrogens is 2. The zero-order valence-electron chi connectivity index (χ0n) is 13.6. The van der Waals surface area contributed by atoms with Gasteiger partial charge in [0.25, 0.3) is 5.91 Å². The highest BCUT2D eigenvalue weighted by Gasteiger charge is 2.29. The number of carbonyl (C=O) groups excluding carboxylic acids is 1. The lowest BCUT2D eigenvalue weighted by Gasteiger charge is -2.07. The van der Waals surface area contributed by atoms with Gasteiger partial charge in [-0.3, -0.25) is 4.79 Å². The first-order chi connectivity index (χ1) is 12.1. The van der Waals surface area contributed by atoms with Crippen molar-refractivity contribution in [2.45, 2.75) is 25.7 Å². The third-order valence-corrected chi connectivity index (χ3v) is 4.61. The molecule has 5 nitrogen and oxygen atoms in total. The van der Waals surface area contributed by atoms with Crippen LogP contribution < -0.4 is 5.32 Å². The number of nitrogens with one attached hydrogen (secondary N) is 1. The van der Waals surface area contributed by atoms with Crippen LogP contribution in [0.4, 0.5) is 5.69 Å². The fourth-order valence-electron chi connectivity index (χ4n) is 2.49. The lowest BCUT2D eigenvalue weighted by molar-refractivity contribution is 0.102. The smallest absolute Gasteiger partial charge is 0.255 e. The summed E-state index contributed by atoms with van der Waals surface area (Å²) in [6, 6.07) is 12.6. The zero-order valence-corrected chi connectivity index (χ0v) is 14.4. The van der Waals surface area contributed by atoms with Gasteiger partial charge in [0, 0.05) is 27.8 Å². The minimum Gasteiger partial charge on any atom is -0.339 e. The third-order valence-electron chi connectivity index (χ3n) is 4.20. The van der Waals surface area contributed by atoms with Crippen LogP contribution >= 0.6 is 11.6 Å². The van der Waals surface area contributed by atoms with Crippen molar-refractivity contribution in [2.75, 3.05) is 5.32 Å². The molecular weight excluding hydrogens is 338 g/mol. The van der Waals surface area contributed by atoms with Gasteiger partial charge in [0.05, 0.1) is 0 Å². The largest absolute Gasteiger partial charge is 0.339 e. The molecule has 3 aromatic rings. The van der Waals surface area contributed by atoms with Gasteiger partial charge in [0.1, 0.15) is 0 Å². The van der Waals surface area contributed by atoms with Crippen molar-refractivity contribution >= 4 is 23.2 Å². The summed E-state index contributed by atoms with van der Waals surface area (Å²) >= 11 is 6.09. The van der Waals surface area contributed by atoms with E-state index in [0.717, 1.165) is 24.0 Å². The molecule has 0 unspecified atom stereocenters. The van der Waals surface area contributed by atoms with Gasteiger partial charge in [-0.15, -0.1) is 0 Å². The van der Waals surface area contributed by atoms with E-state index in [1.807, 2.05) is 31.2 Å². The first kappa shape index (κ1) is 15.8. The van der Waals surface area contributed by atoms with Crippen molar-refractivity contribution in [3.63, 3.8) is 0 Å². The number of hydrogen-bond donors (Lipinski definition) is 1. The fraction of sp³-hybridized carbons (Fsp3) is 0.211. The van der Waals surface area contributed by atoms with E-state index in [9.17, 15) is 4.79 Å². The van der Waals surface area contributed by atoms with Crippen molar-refractivity contribution in [1.82, 2.24) is 10.1 Å². The monoisotopic (exact) mass is 353 g/mol. The second-order valence-electron chi connectivity index (χ2n) is 6.23. The molecule has 0 atom stereocenters. The number of hydrogen-bond acceptors (Lipinski definition) is 4. The molecule has 2 aromatic carbocycles. The van der Waals surface area contributed by atoms with Gasteiger partial charge >= 0.3 is 0 Å². The number of amides is 1. The first-order valence-corrected chi connectivity index (χ1v) is 8.49. The molecule has 25 heavy (non-hydrogen) atoms. The first-order valence-electron chi connectivity index (χ1n) is 8.12. The van der Waals surface area contributed by atoms with E-state index in [2.05, 4.69) is 15.5 Å². The van der Waals surface area contributed by atoms with Crippen LogP contribution in [0, 0.1) is 6.92 Å². The van der Waals surface area contributed by atoms with Gasteiger partial charge in [0.15, 0.2) is 0 Å². The van der Waals surface area contributed by atoms with Crippen LogP contribution in [0.3, 0.4) is 0 Å². The number of halogens is 1. The summed E-state index contributed by atoms with van der Waals surface area (Å²) in [6.07, 6.45) is 2.23. The molecule has 0 saturated heterocycles. The summed E-state index contributed by atoms with van der Waals surface area (Å²) in [5, 5.41) is 7.47. The molecule has 126 valence electrons. The Morgan fingerprint density at radius 1 is 1.20 bits per heavy atom. The number of anilines is 1. The van der Waals surface area contributed by atoms with Gasteiger partial charge in [-0.1, -0.05) is 35.0 Å². The van der Waals surface area contributed by atoms with E-state index in [-0.39, 0.29) is 5.91 Å². The molecule has 1 amide bonds. The van der Waals surface area contributed by atoms with Crippen LogP contribution in [0.1, 0.15) is 40.6 Å². The Balaban J connectivity index is 1.48. The summed E-state index contributed by atoms with van der Waals surface area (Å²) in [5.74, 6) is 1.48. The van der Waals surface area contributed by atoms with E-state index >= 15 is 0 Å². The molecule has 1 aliphatic rings. The minimum atomic E-state index is -0.196. The lowest BCUT2D eigenvalue weighted by atomic mass is 10.1. The summed E-state index contributed by atoms with van der Waals surface area (Å²) in [5.41, 5.74) is 3.00. The van der Waals surface area contributed by atoms with E-state index in [0.29, 0.717) is 33.9 Å². The normalized spacial score (nSPS) is 13.7. The average molecular weight is 354 g/mol. The maximum absolute atomic E-state index is 12.4. The Morgan fingerprint density at radius 3 is 2.64 bits per heavy atom. The van der Waals surface area contributed by atoms with Gasteiger partial charge in [-0.05, 0) is 49.6 Å². The number of carbonyl (C=O) groups is 1. The van der Waals surface area contributed by atoms with Crippen molar-refractivity contribution in [2.24, 2.45) is 0 Å². The maximum Gasteiger partial charge on any atom is 0.255 e. The van der Waals surface area contributed by atoms with Gasteiger partial charge in [0.2, 0.25) is 11.7 Å². The van der Waals surface area contributed by atoms with Crippen molar-refractivity contribution in [3.05, 3.63) is 64.5 Å². The molecule has 1 saturated carbocycles. The van der Waals surface area contributed by atoms with Crippen LogP contribution in [-0.2, 0) is 0 Å². The molecule has 1 aromatic heterocycles. The molecule has 4 rings (SSSR count). The Kier molecular flexibility index (Phi) is 4.01. The van der Waals surface area contributed by atoms with Crippen molar-refractivity contribution in [3.8, 4) is 11.4 Å². The standard InChI is InChI=1S/C19H16ClN3O2/c1-11-2-9-15(10-16(11)20)21-18(24)13-5-3-12(4-6-13)17-22-19(25-23-17)14-7-8-14/h2-6,9-10,14H,7-8H2,1H3,(H,21,24). The second-order valence-corrected chi connectivity index (χ2v) is 6.63. The van der Waals surface area contributed by atoms with Gasteiger partial charge in [-0.25, -0.2) is 0 Å². The highest BCUT2D eigenvalue weighted by atomic mass is 35.5. The zero-order chi connectivity index (χ0) is 17.4. The van der Waals surface area contributed by atoms with E-state index in [1.54, 1.807) is 18.2 Å². The van der Waals surface area contributed by atoms with Crippen LogP contribution in [0.25, 0.3) is 11.4 Å². The Morgan fingerprint density at radius 2 is 1.96 bits per heavy atom. The Labute approximate surface area is 150 Å². The fourth-order valence-corrected chi connectivity index (χ4v) is 2.67. The van der Waals surface area contributed by atoms with Crippen molar-refractivity contribution < 1.29 is 9.32 Å². The number of benzene rings is 2. The van der Waals surface area contributed by atoms with Crippen LogP contribution in [0.5, 0.6) is 0 Å². The second kappa shape index (κ2) is 6.33. The molecule has 0 radical (unpaired) electrons. The molecule has 0 aliphatic heterocycles. The Hall–Kier alpha value is -2.66. The number of aryl methyl sites for hydroxylation is 1. The molecular formula is C19H16ClN3O2. The maximum atomic E-state index is 12.4.